The predicted molar refractivity (Wildman–Crippen MR) is 200 cm³/mol. The molecule has 0 saturated carbocycles. The van der Waals surface area contributed by atoms with Gasteiger partial charge in [0.2, 0.25) is 11.8 Å². The van der Waals surface area contributed by atoms with Crippen LogP contribution in [0, 0.1) is 17.8 Å². The molecule has 8 atom stereocenters. The summed E-state index contributed by atoms with van der Waals surface area (Å²) in [6, 6.07) is 14.2. The third kappa shape index (κ3) is 7.12. The van der Waals surface area contributed by atoms with Gasteiger partial charge in [-0.2, -0.15) is 0 Å². The van der Waals surface area contributed by atoms with E-state index in [0.29, 0.717) is 17.7 Å². The van der Waals surface area contributed by atoms with Gasteiger partial charge in [-0.3, -0.25) is 19.2 Å². The van der Waals surface area contributed by atoms with Gasteiger partial charge in [-0.05, 0) is 56.0 Å². The second-order valence-corrected chi connectivity index (χ2v) is 14.5. The maximum Gasteiger partial charge on any atom is 0.313 e. The zero-order valence-corrected chi connectivity index (χ0v) is 31.2. The number of ether oxygens (including phenoxy) is 3. The summed E-state index contributed by atoms with van der Waals surface area (Å²) in [6.07, 6.45) is 5.98. The van der Waals surface area contributed by atoms with E-state index >= 15 is 4.79 Å². The van der Waals surface area contributed by atoms with Gasteiger partial charge in [-0.15, -0.1) is 0 Å². The minimum absolute atomic E-state index is 0.0597. The van der Waals surface area contributed by atoms with Crippen LogP contribution >= 0.6 is 0 Å². The molecule has 2 aromatic carbocycles. The average Bonchev–Trinajstić information content (AvgIpc) is 3.80. The lowest BCUT2D eigenvalue weighted by Crippen LogP contribution is -2.59. The number of anilines is 2. The molecule has 2 fully saturated rings. The van der Waals surface area contributed by atoms with Crippen LogP contribution in [0.1, 0.15) is 52.2 Å². The largest absolute Gasteiger partial charge is 0.455 e. The number of benzene rings is 2. The fourth-order valence-corrected chi connectivity index (χ4v) is 8.44. The molecule has 0 radical (unpaired) electrons. The first kappa shape index (κ1) is 38.2. The molecule has 2 aromatic rings. The number of fused-ring (bicyclic) bond motifs is 2. The molecule has 4 aliphatic heterocycles. The normalized spacial score (nSPS) is 30.0. The van der Waals surface area contributed by atoms with E-state index in [0.717, 1.165) is 18.8 Å². The number of likely N-dealkylation sites (tertiary alicyclic amines) is 1. The van der Waals surface area contributed by atoms with Crippen molar-refractivity contribution in [1.29, 1.82) is 0 Å². The summed E-state index contributed by atoms with van der Waals surface area (Å²) in [5.74, 6) is -4.17. The van der Waals surface area contributed by atoms with Crippen molar-refractivity contribution in [3.8, 4) is 0 Å². The number of hydrogen-bond acceptors (Lipinski definition) is 9. The number of aliphatic hydroxyl groups excluding tert-OH is 1. The molecule has 4 heterocycles. The molecule has 12 heteroatoms. The predicted octanol–water partition coefficient (Wildman–Crippen LogP) is 3.80. The molecule has 0 aliphatic carbocycles. The molecule has 6 rings (SSSR count). The van der Waals surface area contributed by atoms with E-state index < -0.39 is 65.6 Å². The highest BCUT2D eigenvalue weighted by Crippen LogP contribution is 2.56. The summed E-state index contributed by atoms with van der Waals surface area (Å²) < 4.78 is 18.5. The summed E-state index contributed by atoms with van der Waals surface area (Å²) in [7, 11) is 1.51. The highest BCUT2D eigenvalue weighted by Gasteiger charge is 2.74. The Morgan fingerprint density at radius 3 is 2.36 bits per heavy atom. The minimum atomic E-state index is -1.48. The van der Waals surface area contributed by atoms with Gasteiger partial charge in [0.15, 0.2) is 0 Å². The Labute approximate surface area is 311 Å². The average molecular weight is 729 g/mol. The highest BCUT2D eigenvalue weighted by atomic mass is 16.6. The van der Waals surface area contributed by atoms with Gasteiger partial charge >= 0.3 is 5.97 Å². The lowest BCUT2D eigenvalue weighted by molar-refractivity contribution is -0.162. The van der Waals surface area contributed by atoms with E-state index in [1.165, 1.54) is 12.0 Å². The number of carbonyl (C=O) groups is 4. The Balaban J connectivity index is 1.47. The maximum atomic E-state index is 15.2. The summed E-state index contributed by atoms with van der Waals surface area (Å²) >= 11 is 0. The van der Waals surface area contributed by atoms with Gasteiger partial charge < -0.3 is 39.3 Å². The van der Waals surface area contributed by atoms with Crippen LogP contribution in [0.5, 0.6) is 0 Å². The van der Waals surface area contributed by atoms with E-state index in [4.69, 9.17) is 14.2 Å². The van der Waals surface area contributed by atoms with E-state index in [1.54, 1.807) is 17.1 Å². The van der Waals surface area contributed by atoms with Crippen molar-refractivity contribution >= 4 is 35.1 Å². The number of aliphatic hydroxyl groups is 1. The summed E-state index contributed by atoms with van der Waals surface area (Å²) in [4.78, 5) is 63.2. The second kappa shape index (κ2) is 16.2. The smallest absolute Gasteiger partial charge is 0.313 e. The number of nitrogens with zero attached hydrogens (tertiary/aromatic N) is 3. The van der Waals surface area contributed by atoms with Crippen LogP contribution in [0.4, 0.5) is 11.4 Å². The molecule has 2 saturated heterocycles. The van der Waals surface area contributed by atoms with Crippen molar-refractivity contribution in [3.63, 3.8) is 0 Å². The molecular weight excluding hydrogens is 676 g/mol. The van der Waals surface area contributed by atoms with Crippen molar-refractivity contribution in [2.45, 2.75) is 76.5 Å². The summed E-state index contributed by atoms with van der Waals surface area (Å²) in [5, 5.41) is 13.7. The van der Waals surface area contributed by atoms with Crippen LogP contribution < -0.4 is 15.1 Å². The molecule has 5 bridgehead atoms. The molecular formula is C41H52N4O8. The first-order chi connectivity index (χ1) is 25.6. The van der Waals surface area contributed by atoms with Crippen LogP contribution in [0.2, 0.25) is 0 Å². The van der Waals surface area contributed by atoms with E-state index in [-0.39, 0.29) is 38.0 Å². The fraction of sp³-hybridized carbons (Fsp3) is 0.512. The number of hydrogen-bond donors (Lipinski definition) is 2. The van der Waals surface area contributed by atoms with Gasteiger partial charge in [0.1, 0.15) is 23.7 Å². The molecule has 12 nitrogen and oxygen atoms in total. The second-order valence-electron chi connectivity index (χ2n) is 14.5. The van der Waals surface area contributed by atoms with Crippen LogP contribution in [-0.2, 0) is 33.4 Å². The zero-order valence-electron chi connectivity index (χ0n) is 31.2. The van der Waals surface area contributed by atoms with Gasteiger partial charge in [-0.25, -0.2) is 0 Å². The van der Waals surface area contributed by atoms with Crippen molar-refractivity contribution in [1.82, 2.24) is 10.2 Å². The first-order valence-corrected chi connectivity index (χ1v) is 18.7. The molecule has 3 amide bonds. The number of allylic oxidation sites excluding steroid dienone is 1. The van der Waals surface area contributed by atoms with Crippen molar-refractivity contribution in [3.05, 3.63) is 84.5 Å². The quantitative estimate of drug-likeness (QED) is 0.277. The van der Waals surface area contributed by atoms with Crippen LogP contribution in [-0.4, -0.2) is 103 Å². The Morgan fingerprint density at radius 1 is 1.00 bits per heavy atom. The van der Waals surface area contributed by atoms with Crippen LogP contribution in [0.3, 0.4) is 0 Å². The van der Waals surface area contributed by atoms with E-state index in [2.05, 4.69) is 24.1 Å². The van der Waals surface area contributed by atoms with Crippen LogP contribution in [0.15, 0.2) is 78.9 Å². The molecule has 4 aliphatic rings. The number of rotatable bonds is 10. The number of amides is 3. The van der Waals surface area contributed by atoms with Gasteiger partial charge in [0, 0.05) is 44.5 Å². The Kier molecular flexibility index (Phi) is 11.7. The Morgan fingerprint density at radius 2 is 1.72 bits per heavy atom. The molecule has 53 heavy (non-hydrogen) atoms. The lowest BCUT2D eigenvalue weighted by atomic mass is 9.74. The Bertz CT molecular complexity index is 1690. The zero-order chi connectivity index (χ0) is 37.9. The van der Waals surface area contributed by atoms with Gasteiger partial charge in [0.05, 0.1) is 37.3 Å². The Hall–Kier alpha value is -4.52. The molecule has 0 unspecified atom stereocenters. The SMILES string of the molecule is CCN(CC)c1ccc(N2C/C=C\CCC(=O)N[C@@H](COC)[C@H](c3ccccc3)OC(=O)[C@@H]3[C@H]4C(=O)N([C@@H](CO)C(C)C)[C@H](C2=O)[C@]42C=C[C@H]3O2)cc1. The number of cyclic esters (lactones) is 1. The lowest BCUT2D eigenvalue weighted by Gasteiger charge is -2.40. The van der Waals surface area contributed by atoms with Gasteiger partial charge in [-0.1, -0.05) is 68.5 Å². The number of carbonyl (C=O) groups excluding carboxylic acids is 4. The summed E-state index contributed by atoms with van der Waals surface area (Å²) in [5.41, 5.74) is 0.789. The van der Waals surface area contributed by atoms with Crippen molar-refractivity contribution < 1.29 is 38.5 Å². The van der Waals surface area contributed by atoms with E-state index in [9.17, 15) is 19.5 Å². The number of nitrogens with one attached hydrogen (secondary N) is 1. The monoisotopic (exact) mass is 728 g/mol. The third-order valence-electron chi connectivity index (χ3n) is 11.1. The summed E-state index contributed by atoms with van der Waals surface area (Å²) in [6.45, 7) is 9.41. The molecule has 284 valence electrons. The maximum absolute atomic E-state index is 15.2. The highest BCUT2D eigenvalue weighted by molar-refractivity contribution is 6.05. The van der Waals surface area contributed by atoms with E-state index in [1.807, 2.05) is 80.6 Å². The fourth-order valence-electron chi connectivity index (χ4n) is 8.44. The molecule has 0 aromatic heterocycles. The van der Waals surface area contributed by atoms with Crippen LogP contribution in [0.25, 0.3) is 0 Å². The van der Waals surface area contributed by atoms with Gasteiger partial charge in [0.25, 0.3) is 5.91 Å². The third-order valence-corrected chi connectivity index (χ3v) is 11.1. The topological polar surface area (TPSA) is 138 Å². The molecule has 1 spiro atoms. The van der Waals surface area contributed by atoms with Crippen molar-refractivity contribution in [2.75, 3.05) is 49.8 Å². The van der Waals surface area contributed by atoms with Crippen molar-refractivity contribution in [2.24, 2.45) is 17.8 Å². The molecule has 2 N–H and O–H groups in total. The standard InChI is InChI=1S/C41H52N4O8/c1-6-43(7-2)28-17-19-29(20-18-28)44-23-13-9-12-16-33(47)42-30(25-51-5)36(27-14-10-8-11-15-27)52-40(50)34-32-21-22-41(53-32)35(34)38(48)45(37(41)39(44)49)31(24-46)26(3)4/h8-11,13-15,17-22,26,30-32,34-37,46H,6-7,12,16,23-25H2,1-5H3,(H,42,47)/b13-9-/t30-,31-,32+,34-,35-,36-,37+,41-/m0/s1. The number of esters is 1. The number of methoxy groups -OCH3 is 1. The first-order valence-electron chi connectivity index (χ1n) is 18.7. The minimum Gasteiger partial charge on any atom is -0.455 e.